The van der Waals surface area contributed by atoms with Crippen molar-refractivity contribution >= 4 is 38.3 Å². The summed E-state index contributed by atoms with van der Waals surface area (Å²) in [6, 6.07) is 19.5. The standard InChI is InChI=1S/C18H14BrNO/c1-12-9-10-14(11-16(12)19)18(21)20-17-8-4-6-13-5-2-3-7-15(13)17/h2-11H,1H3,(H,20,21). The van der Waals surface area contributed by atoms with Crippen LogP contribution in [0.1, 0.15) is 15.9 Å². The third kappa shape index (κ3) is 2.83. The van der Waals surface area contributed by atoms with Crippen molar-refractivity contribution in [1.29, 1.82) is 0 Å². The normalized spacial score (nSPS) is 10.6. The number of nitrogens with one attached hydrogen (secondary N) is 1. The fourth-order valence-corrected chi connectivity index (χ4v) is 2.64. The highest BCUT2D eigenvalue weighted by Gasteiger charge is 2.09. The van der Waals surface area contributed by atoms with Gasteiger partial charge in [-0.15, -0.1) is 0 Å². The lowest BCUT2D eigenvalue weighted by Crippen LogP contribution is -2.12. The van der Waals surface area contributed by atoms with Gasteiger partial charge < -0.3 is 5.32 Å². The average Bonchev–Trinajstić information content (AvgIpc) is 2.50. The maximum atomic E-state index is 12.4. The van der Waals surface area contributed by atoms with Crippen molar-refractivity contribution in [3.05, 3.63) is 76.3 Å². The molecule has 0 radical (unpaired) electrons. The van der Waals surface area contributed by atoms with Crippen LogP contribution in [0, 0.1) is 6.92 Å². The van der Waals surface area contributed by atoms with Crippen LogP contribution in [0.15, 0.2) is 65.1 Å². The highest BCUT2D eigenvalue weighted by Crippen LogP contribution is 2.24. The first kappa shape index (κ1) is 13.8. The van der Waals surface area contributed by atoms with Gasteiger partial charge in [0.2, 0.25) is 0 Å². The molecule has 0 aliphatic heterocycles. The number of fused-ring (bicyclic) bond motifs is 1. The maximum Gasteiger partial charge on any atom is 0.255 e. The molecule has 0 fully saturated rings. The topological polar surface area (TPSA) is 29.1 Å². The molecule has 0 spiro atoms. The molecular formula is C18H14BrNO. The van der Waals surface area contributed by atoms with Gasteiger partial charge in [-0.25, -0.2) is 0 Å². The van der Waals surface area contributed by atoms with Crippen molar-refractivity contribution in [3.63, 3.8) is 0 Å². The van der Waals surface area contributed by atoms with Gasteiger partial charge in [0.1, 0.15) is 0 Å². The Balaban J connectivity index is 1.94. The Morgan fingerprint density at radius 1 is 1.00 bits per heavy atom. The molecule has 104 valence electrons. The monoisotopic (exact) mass is 339 g/mol. The van der Waals surface area contributed by atoms with Gasteiger partial charge in [-0.2, -0.15) is 0 Å². The van der Waals surface area contributed by atoms with Crippen molar-refractivity contribution < 1.29 is 4.79 Å². The van der Waals surface area contributed by atoms with Crippen LogP contribution < -0.4 is 5.32 Å². The predicted molar refractivity (Wildman–Crippen MR) is 90.8 cm³/mol. The van der Waals surface area contributed by atoms with E-state index in [1.165, 1.54) is 0 Å². The zero-order chi connectivity index (χ0) is 14.8. The molecule has 3 aromatic rings. The van der Waals surface area contributed by atoms with Crippen LogP contribution in [-0.4, -0.2) is 5.91 Å². The number of aryl methyl sites for hydroxylation is 1. The Labute approximate surface area is 131 Å². The van der Waals surface area contributed by atoms with Crippen LogP contribution in [0.2, 0.25) is 0 Å². The molecule has 1 N–H and O–H groups in total. The summed E-state index contributed by atoms with van der Waals surface area (Å²) < 4.78 is 0.938. The predicted octanol–water partition coefficient (Wildman–Crippen LogP) is 5.16. The summed E-state index contributed by atoms with van der Waals surface area (Å²) in [5.41, 5.74) is 2.58. The van der Waals surface area contributed by atoms with Crippen LogP contribution in [0.25, 0.3) is 10.8 Å². The smallest absolute Gasteiger partial charge is 0.255 e. The highest BCUT2D eigenvalue weighted by molar-refractivity contribution is 9.10. The van der Waals surface area contributed by atoms with E-state index in [1.54, 1.807) is 0 Å². The summed E-state index contributed by atoms with van der Waals surface area (Å²) in [5.74, 6) is -0.105. The number of benzene rings is 3. The first-order valence-corrected chi connectivity index (χ1v) is 7.50. The van der Waals surface area contributed by atoms with Crippen LogP contribution in [0.5, 0.6) is 0 Å². The van der Waals surface area contributed by atoms with Crippen LogP contribution in [-0.2, 0) is 0 Å². The van der Waals surface area contributed by atoms with Crippen LogP contribution >= 0.6 is 15.9 Å². The first-order valence-electron chi connectivity index (χ1n) is 6.70. The fourth-order valence-electron chi connectivity index (χ4n) is 2.26. The quantitative estimate of drug-likeness (QED) is 0.686. The van der Waals surface area contributed by atoms with Gasteiger partial charge in [0.15, 0.2) is 0 Å². The van der Waals surface area contributed by atoms with E-state index in [-0.39, 0.29) is 5.91 Å². The molecule has 0 heterocycles. The Hall–Kier alpha value is -2.13. The molecule has 0 saturated heterocycles. The summed E-state index contributed by atoms with van der Waals surface area (Å²) in [6.07, 6.45) is 0. The number of carbonyl (C=O) groups excluding carboxylic acids is 1. The number of rotatable bonds is 2. The second-order valence-electron chi connectivity index (χ2n) is 4.94. The minimum Gasteiger partial charge on any atom is -0.321 e. The number of amides is 1. The van der Waals surface area contributed by atoms with Crippen molar-refractivity contribution in [2.75, 3.05) is 5.32 Å². The molecule has 3 heteroatoms. The van der Waals surface area contributed by atoms with Crippen LogP contribution in [0.4, 0.5) is 5.69 Å². The van der Waals surface area contributed by atoms with Crippen molar-refractivity contribution in [3.8, 4) is 0 Å². The van der Waals surface area contributed by atoms with E-state index in [0.717, 1.165) is 26.5 Å². The van der Waals surface area contributed by atoms with E-state index in [0.29, 0.717) is 5.56 Å². The number of halogens is 1. The van der Waals surface area contributed by atoms with Gasteiger partial charge in [0.05, 0.1) is 0 Å². The van der Waals surface area contributed by atoms with Gasteiger partial charge in [-0.1, -0.05) is 58.4 Å². The van der Waals surface area contributed by atoms with E-state index in [4.69, 9.17) is 0 Å². The molecule has 0 atom stereocenters. The molecule has 0 bridgehead atoms. The second kappa shape index (κ2) is 5.70. The molecule has 1 amide bonds. The number of anilines is 1. The second-order valence-corrected chi connectivity index (χ2v) is 5.80. The molecule has 0 unspecified atom stereocenters. The summed E-state index contributed by atoms with van der Waals surface area (Å²) >= 11 is 3.46. The molecule has 3 rings (SSSR count). The lowest BCUT2D eigenvalue weighted by atomic mass is 10.1. The van der Waals surface area contributed by atoms with Gasteiger partial charge >= 0.3 is 0 Å². The zero-order valence-corrected chi connectivity index (χ0v) is 13.1. The summed E-state index contributed by atoms with van der Waals surface area (Å²) in [5, 5.41) is 5.14. The highest BCUT2D eigenvalue weighted by atomic mass is 79.9. The Morgan fingerprint density at radius 3 is 2.57 bits per heavy atom. The minimum absolute atomic E-state index is 0.105. The molecule has 0 aliphatic rings. The van der Waals surface area contributed by atoms with Crippen molar-refractivity contribution in [2.24, 2.45) is 0 Å². The SMILES string of the molecule is Cc1ccc(C(=O)Nc2cccc3ccccc23)cc1Br. The maximum absolute atomic E-state index is 12.4. The van der Waals surface area contributed by atoms with Gasteiger partial charge in [0, 0.05) is 21.1 Å². The number of hydrogen-bond donors (Lipinski definition) is 1. The summed E-state index contributed by atoms with van der Waals surface area (Å²) in [7, 11) is 0. The van der Waals surface area contributed by atoms with Gasteiger partial charge in [0.25, 0.3) is 5.91 Å². The molecule has 0 aliphatic carbocycles. The van der Waals surface area contributed by atoms with Gasteiger partial charge in [-0.05, 0) is 36.1 Å². The third-order valence-electron chi connectivity index (χ3n) is 3.47. The zero-order valence-electron chi connectivity index (χ0n) is 11.6. The fraction of sp³-hybridized carbons (Fsp3) is 0.0556. The molecule has 0 aromatic heterocycles. The summed E-state index contributed by atoms with van der Waals surface area (Å²) in [4.78, 5) is 12.4. The minimum atomic E-state index is -0.105. The average molecular weight is 340 g/mol. The first-order chi connectivity index (χ1) is 10.1. The Morgan fingerprint density at radius 2 is 1.76 bits per heavy atom. The third-order valence-corrected chi connectivity index (χ3v) is 4.33. The molecule has 2 nitrogen and oxygen atoms in total. The number of carbonyl (C=O) groups is 1. The van der Waals surface area contributed by atoms with E-state index in [9.17, 15) is 4.79 Å². The van der Waals surface area contributed by atoms with E-state index < -0.39 is 0 Å². The molecule has 0 saturated carbocycles. The Kier molecular flexibility index (Phi) is 3.76. The Bertz CT molecular complexity index is 821. The van der Waals surface area contributed by atoms with Gasteiger partial charge in [-0.3, -0.25) is 4.79 Å². The summed E-state index contributed by atoms with van der Waals surface area (Å²) in [6.45, 7) is 2.00. The molecule has 3 aromatic carbocycles. The lowest BCUT2D eigenvalue weighted by molar-refractivity contribution is 0.102. The van der Waals surface area contributed by atoms with Crippen molar-refractivity contribution in [1.82, 2.24) is 0 Å². The van der Waals surface area contributed by atoms with Crippen molar-refractivity contribution in [2.45, 2.75) is 6.92 Å². The largest absolute Gasteiger partial charge is 0.321 e. The number of hydrogen-bond acceptors (Lipinski definition) is 1. The molecular weight excluding hydrogens is 326 g/mol. The lowest BCUT2D eigenvalue weighted by Gasteiger charge is -2.09. The van der Waals surface area contributed by atoms with Crippen LogP contribution in [0.3, 0.4) is 0 Å². The van der Waals surface area contributed by atoms with E-state index >= 15 is 0 Å². The van der Waals surface area contributed by atoms with E-state index in [2.05, 4.69) is 21.2 Å². The molecule has 21 heavy (non-hydrogen) atoms. The van der Waals surface area contributed by atoms with E-state index in [1.807, 2.05) is 67.6 Å².